The Labute approximate surface area is 259 Å². The number of anilines is 1. The second-order valence-electron chi connectivity index (χ2n) is 12.6. The summed E-state index contributed by atoms with van der Waals surface area (Å²) in [4.78, 5) is 43.4. The monoisotopic (exact) mass is 607 g/mol. The van der Waals surface area contributed by atoms with Crippen LogP contribution in [0.2, 0.25) is 5.02 Å². The summed E-state index contributed by atoms with van der Waals surface area (Å²) in [5, 5.41) is 16.3. The number of phenolic OH excluding ortho intramolecular Hbond substituents is 1. The third-order valence-electron chi connectivity index (χ3n) is 6.75. The molecule has 0 radical (unpaired) electrons. The Morgan fingerprint density at radius 3 is 2.12 bits per heavy atom. The van der Waals surface area contributed by atoms with Crippen molar-refractivity contribution in [3.05, 3.63) is 94.0 Å². The number of alkyl carbamates (subject to hydrolysis) is 1. The molecule has 3 amide bonds. The number of hydrogen-bond acceptors (Lipinski definition) is 5. The Balaban J connectivity index is 2.15. The number of aromatic hydroxyl groups is 1. The van der Waals surface area contributed by atoms with Crippen molar-refractivity contribution in [1.82, 2.24) is 10.2 Å². The van der Waals surface area contributed by atoms with E-state index < -0.39 is 41.1 Å². The van der Waals surface area contributed by atoms with Crippen molar-refractivity contribution in [2.24, 2.45) is 0 Å². The molecule has 3 rings (SSSR count). The van der Waals surface area contributed by atoms with E-state index in [1.54, 1.807) is 52.0 Å². The van der Waals surface area contributed by atoms with Gasteiger partial charge in [0.25, 0.3) is 5.91 Å². The minimum Gasteiger partial charge on any atom is -0.508 e. The van der Waals surface area contributed by atoms with Crippen LogP contribution in [0.15, 0.2) is 66.7 Å². The minimum atomic E-state index is -1.15. The van der Waals surface area contributed by atoms with E-state index in [2.05, 4.69) is 10.6 Å². The number of nitrogens with zero attached hydrogens (tertiary/aromatic N) is 1. The number of para-hydroxylation sites is 1. The molecule has 8 nitrogen and oxygen atoms in total. The van der Waals surface area contributed by atoms with Gasteiger partial charge in [0.2, 0.25) is 5.91 Å². The summed E-state index contributed by atoms with van der Waals surface area (Å²) in [7, 11) is 0. The Morgan fingerprint density at radius 1 is 0.907 bits per heavy atom. The number of ether oxygens (including phenoxy) is 1. The fraction of sp³-hybridized carbons (Fsp3) is 0.382. The van der Waals surface area contributed by atoms with Gasteiger partial charge in [-0.1, -0.05) is 60.1 Å². The topological polar surface area (TPSA) is 108 Å². The number of nitrogens with one attached hydrogen (secondary N) is 2. The van der Waals surface area contributed by atoms with Gasteiger partial charge in [-0.3, -0.25) is 9.59 Å². The fourth-order valence-corrected chi connectivity index (χ4v) is 5.03. The molecule has 0 saturated carbocycles. The molecule has 0 heterocycles. The van der Waals surface area contributed by atoms with E-state index in [4.69, 9.17) is 16.3 Å². The lowest BCUT2D eigenvalue weighted by Crippen LogP contribution is -2.58. The zero-order chi connectivity index (χ0) is 32.1. The number of amides is 3. The molecule has 0 spiro atoms. The summed E-state index contributed by atoms with van der Waals surface area (Å²) in [5.41, 5.74) is 1.35. The van der Waals surface area contributed by atoms with Crippen molar-refractivity contribution >= 4 is 35.2 Å². The third kappa shape index (κ3) is 8.97. The van der Waals surface area contributed by atoms with Crippen LogP contribution in [0.5, 0.6) is 5.75 Å². The molecule has 0 aliphatic carbocycles. The fourth-order valence-electron chi connectivity index (χ4n) is 4.76. The van der Waals surface area contributed by atoms with Gasteiger partial charge in [0, 0.05) is 12.0 Å². The van der Waals surface area contributed by atoms with Crippen LogP contribution >= 0.6 is 11.6 Å². The Kier molecular flexibility index (Phi) is 10.5. The molecule has 0 aliphatic rings. The number of aryl methyl sites for hydroxylation is 2. The van der Waals surface area contributed by atoms with Crippen LogP contribution in [0, 0.1) is 13.8 Å². The molecule has 2 atom stereocenters. The summed E-state index contributed by atoms with van der Waals surface area (Å²) in [6.45, 7) is 14.3. The number of halogens is 1. The highest BCUT2D eigenvalue weighted by Gasteiger charge is 2.42. The molecule has 2 unspecified atom stereocenters. The van der Waals surface area contributed by atoms with Crippen molar-refractivity contribution < 1.29 is 24.2 Å². The smallest absolute Gasteiger partial charge is 0.408 e. The average Bonchev–Trinajstić information content (AvgIpc) is 2.89. The maximum absolute atomic E-state index is 14.7. The summed E-state index contributed by atoms with van der Waals surface area (Å²) in [6.07, 6.45) is -0.582. The van der Waals surface area contributed by atoms with Gasteiger partial charge < -0.3 is 25.4 Å². The first kappa shape index (κ1) is 33.5. The standard InChI is InChI=1S/C34H42ClN3O5/c1-21-13-12-16-25(35)28(21)37-30(40)29(24-17-18-27(39)22(2)19-24)38(33(3,4)5)31(41)26(20-23-14-10-9-11-15-23)36-32(42)43-34(6,7)8/h9-19,26,29,39H,20H2,1-8H3,(H,36,42)(H,37,40). The molecule has 230 valence electrons. The SMILES string of the molecule is Cc1cc(C(C(=O)Nc2c(C)cccc2Cl)N(C(=O)C(Cc2ccccc2)NC(=O)OC(C)(C)C)C(C)(C)C)ccc1O. The summed E-state index contributed by atoms with van der Waals surface area (Å²) < 4.78 is 5.51. The largest absolute Gasteiger partial charge is 0.508 e. The van der Waals surface area contributed by atoms with Gasteiger partial charge in [0.05, 0.1) is 10.7 Å². The summed E-state index contributed by atoms with van der Waals surface area (Å²) in [6, 6.07) is 17.2. The highest BCUT2D eigenvalue weighted by atomic mass is 35.5. The highest BCUT2D eigenvalue weighted by molar-refractivity contribution is 6.34. The van der Waals surface area contributed by atoms with E-state index in [9.17, 15) is 19.5 Å². The Bertz CT molecular complexity index is 1440. The summed E-state index contributed by atoms with van der Waals surface area (Å²) in [5.74, 6) is -0.920. The van der Waals surface area contributed by atoms with E-state index in [0.717, 1.165) is 11.1 Å². The lowest BCUT2D eigenvalue weighted by Gasteiger charge is -2.43. The zero-order valence-electron chi connectivity index (χ0n) is 26.1. The molecule has 3 aromatic carbocycles. The van der Waals surface area contributed by atoms with E-state index in [0.29, 0.717) is 21.8 Å². The van der Waals surface area contributed by atoms with E-state index in [1.807, 2.05) is 64.1 Å². The molecule has 0 fully saturated rings. The second-order valence-corrected chi connectivity index (χ2v) is 13.0. The first-order valence-electron chi connectivity index (χ1n) is 14.2. The van der Waals surface area contributed by atoms with Crippen LogP contribution < -0.4 is 10.6 Å². The Morgan fingerprint density at radius 2 is 1.56 bits per heavy atom. The van der Waals surface area contributed by atoms with Gasteiger partial charge in [-0.2, -0.15) is 0 Å². The van der Waals surface area contributed by atoms with E-state index in [-0.39, 0.29) is 12.2 Å². The number of hydrogen-bond donors (Lipinski definition) is 3. The number of phenols is 1. The molecule has 9 heteroatoms. The van der Waals surface area contributed by atoms with Gasteiger partial charge >= 0.3 is 6.09 Å². The predicted molar refractivity (Wildman–Crippen MR) is 170 cm³/mol. The van der Waals surface area contributed by atoms with Crippen molar-refractivity contribution in [1.29, 1.82) is 0 Å². The van der Waals surface area contributed by atoms with Gasteiger partial charge in [-0.15, -0.1) is 0 Å². The number of carbonyl (C=O) groups excluding carboxylic acids is 3. The van der Waals surface area contributed by atoms with Gasteiger partial charge in [-0.05, 0) is 95.8 Å². The van der Waals surface area contributed by atoms with E-state index in [1.165, 1.54) is 11.0 Å². The van der Waals surface area contributed by atoms with Crippen molar-refractivity contribution in [2.75, 3.05) is 5.32 Å². The van der Waals surface area contributed by atoms with E-state index >= 15 is 0 Å². The minimum absolute atomic E-state index is 0.0621. The maximum atomic E-state index is 14.7. The van der Waals surface area contributed by atoms with Crippen LogP contribution in [0.3, 0.4) is 0 Å². The van der Waals surface area contributed by atoms with Crippen LogP contribution in [0.25, 0.3) is 0 Å². The van der Waals surface area contributed by atoms with Gasteiger partial charge in [0.1, 0.15) is 23.4 Å². The number of benzene rings is 3. The third-order valence-corrected chi connectivity index (χ3v) is 7.06. The number of rotatable bonds is 8. The van der Waals surface area contributed by atoms with Crippen molar-refractivity contribution in [3.63, 3.8) is 0 Å². The zero-order valence-corrected chi connectivity index (χ0v) is 26.9. The average molecular weight is 608 g/mol. The molecule has 43 heavy (non-hydrogen) atoms. The highest BCUT2D eigenvalue weighted by Crippen LogP contribution is 2.35. The first-order valence-corrected chi connectivity index (χ1v) is 14.6. The van der Waals surface area contributed by atoms with Gasteiger partial charge in [0.15, 0.2) is 0 Å². The van der Waals surface area contributed by atoms with Crippen molar-refractivity contribution in [2.45, 2.75) is 85.0 Å². The lowest BCUT2D eigenvalue weighted by atomic mass is 9.93. The summed E-state index contributed by atoms with van der Waals surface area (Å²) >= 11 is 6.46. The van der Waals surface area contributed by atoms with Crippen molar-refractivity contribution in [3.8, 4) is 5.75 Å². The molecule has 0 aliphatic heterocycles. The molecule has 0 aromatic heterocycles. The molecule has 0 saturated heterocycles. The van der Waals surface area contributed by atoms with Crippen LogP contribution in [-0.4, -0.2) is 45.1 Å². The Hall–Kier alpha value is -4.04. The van der Waals surface area contributed by atoms with Crippen LogP contribution in [-0.2, 0) is 20.7 Å². The normalized spacial score (nSPS) is 13.0. The number of carbonyl (C=O) groups is 3. The quantitative estimate of drug-likeness (QED) is 0.253. The molecular formula is C34H42ClN3O5. The van der Waals surface area contributed by atoms with Gasteiger partial charge in [-0.25, -0.2) is 4.79 Å². The first-order chi connectivity index (χ1) is 20.0. The second kappa shape index (κ2) is 13.5. The molecular weight excluding hydrogens is 566 g/mol. The van der Waals surface area contributed by atoms with Crippen LogP contribution in [0.1, 0.15) is 69.8 Å². The lowest BCUT2D eigenvalue weighted by molar-refractivity contribution is -0.146. The maximum Gasteiger partial charge on any atom is 0.408 e. The molecule has 0 bridgehead atoms. The molecule has 3 N–H and O–H groups in total. The predicted octanol–water partition coefficient (Wildman–Crippen LogP) is 7.11. The molecule has 3 aromatic rings. The van der Waals surface area contributed by atoms with Crippen LogP contribution in [0.4, 0.5) is 10.5 Å².